The third-order valence-corrected chi connectivity index (χ3v) is 2.17. The van der Waals surface area contributed by atoms with E-state index in [1.807, 2.05) is 0 Å². The van der Waals surface area contributed by atoms with Gasteiger partial charge in [0.15, 0.2) is 11.3 Å². The molecule has 1 aromatic heterocycles. The number of benzene rings is 1. The molecule has 2 N–H and O–H groups in total. The Bertz CT molecular complexity index is 795. The van der Waals surface area contributed by atoms with Crippen LogP contribution in [0.25, 0.3) is 11.0 Å². The lowest BCUT2D eigenvalue weighted by Gasteiger charge is -2.03. The van der Waals surface area contributed by atoms with Crippen LogP contribution in [-0.2, 0) is 0 Å². The average molecular weight is 261 g/mol. The van der Waals surface area contributed by atoms with E-state index in [1.54, 1.807) is 9.97 Å². The molecule has 1 heterocycles. The molecule has 0 bridgehead atoms. The van der Waals surface area contributed by atoms with E-state index >= 15 is 0 Å². The van der Waals surface area contributed by atoms with E-state index in [2.05, 4.69) is 0 Å². The van der Waals surface area contributed by atoms with Crippen LogP contribution in [-0.4, -0.2) is 14.9 Å². The molecule has 0 atom stereocenters. The van der Waals surface area contributed by atoms with Crippen LogP contribution in [0, 0.1) is 27.6 Å². The second kappa shape index (κ2) is 3.68. The van der Waals surface area contributed by atoms with Crippen LogP contribution in [0.2, 0.25) is 0 Å². The highest BCUT2D eigenvalue weighted by atomic mass is 19.2. The number of hydrogen-bond donors (Lipinski definition) is 2. The number of halogens is 3. The van der Waals surface area contributed by atoms with Gasteiger partial charge in [0.2, 0.25) is 11.6 Å². The monoisotopic (exact) mass is 261 g/mol. The molecule has 0 aliphatic rings. The van der Waals surface area contributed by atoms with Crippen molar-refractivity contribution < 1.29 is 18.1 Å². The Morgan fingerprint density at radius 3 is 1.89 bits per heavy atom. The minimum atomic E-state index is -2.11. The van der Waals surface area contributed by atoms with E-state index in [1.165, 1.54) is 0 Å². The first-order valence-corrected chi connectivity index (χ1v) is 4.31. The number of fused-ring (bicyclic) bond motifs is 1. The zero-order chi connectivity index (χ0) is 13.6. The molecule has 0 spiro atoms. The minimum Gasteiger partial charge on any atom is -0.313 e. The number of nitrogens with one attached hydrogen (secondary N) is 2. The van der Waals surface area contributed by atoms with Crippen molar-refractivity contribution >= 4 is 16.7 Å². The molecule has 18 heavy (non-hydrogen) atoms. The highest BCUT2D eigenvalue weighted by molar-refractivity contribution is 5.84. The van der Waals surface area contributed by atoms with Gasteiger partial charge in [0.1, 0.15) is 5.52 Å². The van der Waals surface area contributed by atoms with Gasteiger partial charge in [0, 0.05) is 0 Å². The molecule has 0 aliphatic carbocycles. The van der Waals surface area contributed by atoms with E-state index in [0.29, 0.717) is 0 Å². The third kappa shape index (κ3) is 1.46. The van der Waals surface area contributed by atoms with Crippen LogP contribution in [0.1, 0.15) is 0 Å². The van der Waals surface area contributed by atoms with Crippen LogP contribution in [0.15, 0.2) is 9.59 Å². The Hall–Kier alpha value is -2.65. The number of nitrogens with zero attached hydrogens (tertiary/aromatic N) is 1. The lowest BCUT2D eigenvalue weighted by Crippen LogP contribution is -2.29. The molecule has 0 amide bonds. The number of aromatic amines is 2. The normalized spacial score (nSPS) is 10.8. The Balaban J connectivity index is 3.18. The van der Waals surface area contributed by atoms with Gasteiger partial charge in [-0.1, -0.05) is 0 Å². The summed E-state index contributed by atoms with van der Waals surface area (Å²) in [6.45, 7) is 0. The minimum absolute atomic E-state index is 0.930. The summed E-state index contributed by atoms with van der Waals surface area (Å²) in [4.78, 5) is 34.3. The zero-order valence-corrected chi connectivity index (χ0v) is 8.21. The molecule has 10 heteroatoms. The van der Waals surface area contributed by atoms with Gasteiger partial charge in [0.25, 0.3) is 0 Å². The molecule has 94 valence electrons. The van der Waals surface area contributed by atoms with E-state index in [9.17, 15) is 32.9 Å². The van der Waals surface area contributed by atoms with Gasteiger partial charge in [0.05, 0.1) is 4.92 Å². The van der Waals surface area contributed by atoms with Gasteiger partial charge >= 0.3 is 16.8 Å². The van der Waals surface area contributed by atoms with E-state index in [-0.39, 0.29) is 0 Å². The summed E-state index contributed by atoms with van der Waals surface area (Å²) in [6.07, 6.45) is 0. The average Bonchev–Trinajstić information content (AvgIpc) is 2.29. The molecule has 0 radical (unpaired) electrons. The lowest BCUT2D eigenvalue weighted by atomic mass is 10.2. The van der Waals surface area contributed by atoms with Crippen LogP contribution in [0.5, 0.6) is 0 Å². The van der Waals surface area contributed by atoms with Crippen molar-refractivity contribution in [2.24, 2.45) is 0 Å². The molecule has 7 nitrogen and oxygen atoms in total. The summed E-state index contributed by atoms with van der Waals surface area (Å²) in [6, 6.07) is 0. The molecule has 0 aliphatic heterocycles. The van der Waals surface area contributed by atoms with Crippen LogP contribution >= 0.6 is 0 Å². The summed E-state index contributed by atoms with van der Waals surface area (Å²) in [5.41, 5.74) is -6.07. The van der Waals surface area contributed by atoms with Crippen molar-refractivity contribution in [2.45, 2.75) is 0 Å². The molecule has 2 aromatic rings. The van der Waals surface area contributed by atoms with Crippen LogP contribution in [0.4, 0.5) is 18.9 Å². The Morgan fingerprint density at radius 2 is 1.39 bits per heavy atom. The quantitative estimate of drug-likeness (QED) is 0.338. The number of nitro benzene ring substituents is 1. The van der Waals surface area contributed by atoms with Gasteiger partial charge in [-0.3, -0.25) is 19.7 Å². The number of H-pyrrole nitrogens is 2. The topological polar surface area (TPSA) is 109 Å². The molecule has 0 fully saturated rings. The maximum atomic E-state index is 13.3. The highest BCUT2D eigenvalue weighted by Gasteiger charge is 2.29. The van der Waals surface area contributed by atoms with Crippen molar-refractivity contribution in [3.63, 3.8) is 0 Å². The Labute approximate surface area is 94.0 Å². The van der Waals surface area contributed by atoms with Crippen LogP contribution < -0.4 is 11.1 Å². The molecule has 1 aromatic carbocycles. The highest BCUT2D eigenvalue weighted by Crippen LogP contribution is 2.29. The fourth-order valence-corrected chi connectivity index (χ4v) is 1.40. The first kappa shape index (κ1) is 11.8. The molecular formula is C8H2F3N3O4. The zero-order valence-electron chi connectivity index (χ0n) is 8.21. The maximum Gasteiger partial charge on any atom is 0.333 e. The molecule has 0 unspecified atom stereocenters. The van der Waals surface area contributed by atoms with Crippen molar-refractivity contribution in [1.82, 2.24) is 9.97 Å². The summed E-state index contributed by atoms with van der Waals surface area (Å²) in [5, 5.41) is 10.6. The molecule has 0 saturated heterocycles. The second-order valence-corrected chi connectivity index (χ2v) is 3.21. The first-order chi connectivity index (χ1) is 8.34. The fraction of sp³-hybridized carbons (Fsp3) is 0. The SMILES string of the molecule is O=c1[nH]c2c(F)c(F)c(F)c([N+](=O)[O-])c2[nH]c1=O. The van der Waals surface area contributed by atoms with Crippen molar-refractivity contribution in [2.75, 3.05) is 0 Å². The smallest absolute Gasteiger partial charge is 0.313 e. The van der Waals surface area contributed by atoms with Gasteiger partial charge in [-0.2, -0.15) is 4.39 Å². The van der Waals surface area contributed by atoms with Gasteiger partial charge in [-0.05, 0) is 0 Å². The van der Waals surface area contributed by atoms with E-state index < -0.39 is 50.2 Å². The van der Waals surface area contributed by atoms with Crippen molar-refractivity contribution in [3.8, 4) is 0 Å². The summed E-state index contributed by atoms with van der Waals surface area (Å²) in [5.74, 6) is -6.01. The largest absolute Gasteiger partial charge is 0.333 e. The van der Waals surface area contributed by atoms with Gasteiger partial charge < -0.3 is 9.97 Å². The number of rotatable bonds is 1. The number of hydrogen-bond acceptors (Lipinski definition) is 4. The number of nitro groups is 1. The first-order valence-electron chi connectivity index (χ1n) is 4.31. The Kier molecular flexibility index (Phi) is 2.42. The predicted octanol–water partition coefficient (Wildman–Crippen LogP) is 0.542. The van der Waals surface area contributed by atoms with Crippen molar-refractivity contribution in [3.05, 3.63) is 48.3 Å². The lowest BCUT2D eigenvalue weighted by molar-refractivity contribution is -0.386. The third-order valence-electron chi connectivity index (χ3n) is 2.17. The summed E-state index contributed by atoms with van der Waals surface area (Å²) >= 11 is 0. The molecule has 2 rings (SSSR count). The van der Waals surface area contributed by atoms with Crippen LogP contribution in [0.3, 0.4) is 0 Å². The standard InChI is InChI=1S/C8H2F3N3O4/c9-1-2(10)4-5(6(3(1)11)14(17)18)13-8(16)7(15)12-4/h(H,12,15)(H,13,16). The Morgan fingerprint density at radius 1 is 0.889 bits per heavy atom. The number of aromatic nitrogens is 2. The van der Waals surface area contributed by atoms with Crippen molar-refractivity contribution in [1.29, 1.82) is 0 Å². The maximum absolute atomic E-state index is 13.3. The van der Waals surface area contributed by atoms with Gasteiger partial charge in [-0.15, -0.1) is 0 Å². The predicted molar refractivity (Wildman–Crippen MR) is 51.7 cm³/mol. The van der Waals surface area contributed by atoms with E-state index in [0.717, 1.165) is 0 Å². The second-order valence-electron chi connectivity index (χ2n) is 3.21. The molecular weight excluding hydrogens is 259 g/mol. The van der Waals surface area contributed by atoms with E-state index in [4.69, 9.17) is 0 Å². The van der Waals surface area contributed by atoms with Gasteiger partial charge in [-0.25, -0.2) is 8.78 Å². The summed E-state index contributed by atoms with van der Waals surface area (Å²) in [7, 11) is 0. The fourth-order valence-electron chi connectivity index (χ4n) is 1.40. The summed E-state index contributed by atoms with van der Waals surface area (Å²) < 4.78 is 39.5. The molecule has 0 saturated carbocycles.